The zero-order valence-electron chi connectivity index (χ0n) is 11.8. The predicted octanol–water partition coefficient (Wildman–Crippen LogP) is -2.37. The van der Waals surface area contributed by atoms with Crippen LogP contribution >= 0.6 is 7.82 Å². The SMILES string of the molecule is Nc1nc(F)nc2c1ncn2[C@@H]1O[C@H](COP(=O)(O)O)[C@@H](O)[C@@H]1O.[LiH]. The first kappa shape index (κ1) is 20.2. The fourth-order valence-corrected chi connectivity index (χ4v) is 2.71. The first-order valence-electron chi connectivity index (χ1n) is 6.54. The van der Waals surface area contributed by atoms with E-state index in [4.69, 9.17) is 20.3 Å². The molecule has 6 N–H and O–H groups in total. The van der Waals surface area contributed by atoms with Gasteiger partial charge in [0.2, 0.25) is 0 Å². The number of anilines is 1. The molecule has 1 aliphatic heterocycles. The molecule has 0 radical (unpaired) electrons. The Kier molecular flexibility index (Phi) is 5.84. The number of hydrogen-bond acceptors (Lipinski definition) is 9. The van der Waals surface area contributed by atoms with Crippen molar-refractivity contribution in [1.82, 2.24) is 19.5 Å². The molecule has 2 aromatic rings. The summed E-state index contributed by atoms with van der Waals surface area (Å²) in [6, 6.07) is 0. The predicted molar refractivity (Wildman–Crippen MR) is 80.8 cm³/mol. The summed E-state index contributed by atoms with van der Waals surface area (Å²) in [6.45, 7) is -0.670. The minimum absolute atomic E-state index is 0. The summed E-state index contributed by atoms with van der Waals surface area (Å²) in [4.78, 5) is 28.1. The van der Waals surface area contributed by atoms with Crippen molar-refractivity contribution in [2.45, 2.75) is 24.5 Å². The average Bonchev–Trinajstić information content (AvgIpc) is 3.00. The van der Waals surface area contributed by atoms with Crippen molar-refractivity contribution in [3.63, 3.8) is 0 Å². The van der Waals surface area contributed by atoms with Gasteiger partial charge < -0.3 is 30.5 Å². The normalized spacial score (nSPS) is 26.8. The molecule has 4 atom stereocenters. The zero-order valence-corrected chi connectivity index (χ0v) is 12.7. The number of halogens is 1. The van der Waals surface area contributed by atoms with Crippen LogP contribution in [0.1, 0.15) is 6.23 Å². The van der Waals surface area contributed by atoms with Crippen LogP contribution < -0.4 is 5.73 Å². The van der Waals surface area contributed by atoms with Crippen molar-refractivity contribution < 1.29 is 38.2 Å². The van der Waals surface area contributed by atoms with E-state index >= 15 is 0 Å². The third kappa shape index (κ3) is 4.00. The summed E-state index contributed by atoms with van der Waals surface area (Å²) in [5.74, 6) is -0.217. The van der Waals surface area contributed by atoms with E-state index in [1.165, 1.54) is 0 Å². The van der Waals surface area contributed by atoms with Crippen LogP contribution in [0.2, 0.25) is 0 Å². The number of phosphoric acid groups is 1. The second kappa shape index (κ2) is 7.24. The van der Waals surface area contributed by atoms with Gasteiger partial charge in [-0.05, 0) is 0 Å². The van der Waals surface area contributed by atoms with Crippen molar-refractivity contribution in [1.29, 1.82) is 0 Å². The van der Waals surface area contributed by atoms with E-state index in [0.717, 1.165) is 10.9 Å². The Morgan fingerprint density at radius 1 is 1.36 bits per heavy atom. The van der Waals surface area contributed by atoms with Crippen molar-refractivity contribution in [3.05, 3.63) is 12.4 Å². The number of ether oxygens (including phenoxy) is 1. The van der Waals surface area contributed by atoms with E-state index in [0.29, 0.717) is 0 Å². The first-order chi connectivity index (χ1) is 11.2. The van der Waals surface area contributed by atoms with Crippen LogP contribution in [0.3, 0.4) is 0 Å². The number of imidazole rings is 1. The Balaban J connectivity index is 0.00000225. The molecule has 3 rings (SSSR count). The fourth-order valence-electron chi connectivity index (χ4n) is 2.36. The fraction of sp³-hybridized carbons (Fsp3) is 0.500. The molecule has 2 aromatic heterocycles. The van der Waals surface area contributed by atoms with Gasteiger partial charge in [0.05, 0.1) is 12.9 Å². The average molecular weight is 373 g/mol. The summed E-state index contributed by atoms with van der Waals surface area (Å²) in [6.07, 6.45) is -5.46. The summed E-state index contributed by atoms with van der Waals surface area (Å²) in [5, 5.41) is 20.0. The maximum absolute atomic E-state index is 13.3. The number of nitrogens with two attached hydrogens (primary N) is 1. The Hall–Kier alpha value is -1.13. The maximum atomic E-state index is 13.3. The minimum atomic E-state index is -4.78. The van der Waals surface area contributed by atoms with Gasteiger partial charge in [0.1, 0.15) is 18.3 Å². The molecule has 0 spiro atoms. The van der Waals surface area contributed by atoms with Gasteiger partial charge in [-0.3, -0.25) is 9.09 Å². The standard InChI is InChI=1S/C10H13FN5O7P.Li.H/c11-10-14-7(12)4-8(15-10)16(2-13-4)9-6(18)5(17)3(23-9)1-22-24(19,20)21;;/h2-3,5-6,9,17-18H,1H2,(H2,12,14,15)(H2,19,20,21);;/t3-,5-,6+,9-;;/m1../s1. The zero-order chi connectivity index (χ0) is 17.6. The molecule has 0 unspecified atom stereocenters. The molecular formula is C10H14FLiN5O7P. The van der Waals surface area contributed by atoms with Gasteiger partial charge in [-0.2, -0.15) is 14.4 Å². The third-order valence-electron chi connectivity index (χ3n) is 3.44. The second-order valence-electron chi connectivity index (χ2n) is 5.03. The number of aliphatic hydroxyl groups excluding tert-OH is 2. The second-order valence-corrected chi connectivity index (χ2v) is 6.27. The van der Waals surface area contributed by atoms with E-state index < -0.39 is 45.0 Å². The van der Waals surface area contributed by atoms with Crippen molar-refractivity contribution in [2.75, 3.05) is 12.3 Å². The molecule has 1 saturated heterocycles. The molecule has 0 bridgehead atoms. The number of aromatic nitrogens is 4. The van der Waals surface area contributed by atoms with Crippen molar-refractivity contribution in [3.8, 4) is 0 Å². The van der Waals surface area contributed by atoms with Crippen LogP contribution in [0.25, 0.3) is 11.2 Å². The van der Waals surface area contributed by atoms with Crippen molar-refractivity contribution >= 4 is 43.7 Å². The van der Waals surface area contributed by atoms with Crippen molar-refractivity contribution in [2.24, 2.45) is 0 Å². The number of fused-ring (bicyclic) bond motifs is 1. The van der Waals surface area contributed by atoms with Gasteiger partial charge >= 0.3 is 32.8 Å². The number of nitrogens with zero attached hydrogens (tertiary/aromatic N) is 4. The summed E-state index contributed by atoms with van der Waals surface area (Å²) in [5.41, 5.74) is 5.52. The monoisotopic (exact) mass is 373 g/mol. The molecule has 3 heterocycles. The number of aliphatic hydroxyl groups is 2. The van der Waals surface area contributed by atoms with Crippen LogP contribution in [0.5, 0.6) is 0 Å². The van der Waals surface area contributed by atoms with E-state index in [1.807, 2.05) is 0 Å². The van der Waals surface area contributed by atoms with E-state index in [-0.39, 0.29) is 35.8 Å². The van der Waals surface area contributed by atoms with Gasteiger partial charge in [0, 0.05) is 0 Å². The number of phosphoric ester groups is 1. The topological polar surface area (TPSA) is 186 Å². The quantitative estimate of drug-likeness (QED) is 0.219. The number of rotatable bonds is 4. The molecule has 134 valence electrons. The number of nitrogen functional groups attached to an aromatic ring is 1. The summed E-state index contributed by atoms with van der Waals surface area (Å²) < 4.78 is 34.8. The van der Waals surface area contributed by atoms with Crippen LogP contribution in [0.15, 0.2) is 6.33 Å². The number of hydrogen-bond donors (Lipinski definition) is 5. The molecule has 1 fully saturated rings. The van der Waals surface area contributed by atoms with E-state index in [9.17, 15) is 19.2 Å². The molecule has 1 aliphatic rings. The summed E-state index contributed by atoms with van der Waals surface area (Å²) >= 11 is 0. The summed E-state index contributed by atoms with van der Waals surface area (Å²) in [7, 11) is -4.78. The molecule has 15 heteroatoms. The van der Waals surface area contributed by atoms with Gasteiger partial charge in [-0.1, -0.05) is 0 Å². The van der Waals surface area contributed by atoms with Gasteiger partial charge in [0.15, 0.2) is 23.2 Å². The molecule has 25 heavy (non-hydrogen) atoms. The Bertz CT molecular complexity index is 818. The van der Waals surface area contributed by atoms with Crippen LogP contribution in [-0.2, 0) is 13.8 Å². The van der Waals surface area contributed by atoms with E-state index in [2.05, 4.69) is 19.5 Å². The van der Waals surface area contributed by atoms with Gasteiger partial charge in [0.25, 0.3) is 0 Å². The first-order valence-corrected chi connectivity index (χ1v) is 8.07. The van der Waals surface area contributed by atoms with Gasteiger partial charge in [-0.15, -0.1) is 0 Å². The molecule has 0 saturated carbocycles. The molecule has 0 aliphatic carbocycles. The van der Waals surface area contributed by atoms with Gasteiger partial charge in [-0.25, -0.2) is 9.55 Å². The van der Waals surface area contributed by atoms with Crippen LogP contribution in [0.4, 0.5) is 10.2 Å². The third-order valence-corrected chi connectivity index (χ3v) is 3.92. The van der Waals surface area contributed by atoms with E-state index in [1.54, 1.807) is 0 Å². The molecule has 12 nitrogen and oxygen atoms in total. The Morgan fingerprint density at radius 3 is 2.68 bits per heavy atom. The Morgan fingerprint density at radius 2 is 2.04 bits per heavy atom. The molecule has 0 aromatic carbocycles. The Labute approximate surface area is 151 Å². The molecular weight excluding hydrogens is 359 g/mol. The molecule has 0 amide bonds. The van der Waals surface area contributed by atoms with Crippen LogP contribution in [0, 0.1) is 6.08 Å². The van der Waals surface area contributed by atoms with Crippen LogP contribution in [-0.4, -0.2) is 83.3 Å².